The average Bonchev–Trinajstić information content (AvgIpc) is 3.52. The Balaban J connectivity index is 1.26. The van der Waals surface area contributed by atoms with Crippen molar-refractivity contribution in [3.05, 3.63) is 77.3 Å². The topological polar surface area (TPSA) is 174 Å². The zero-order valence-electron chi connectivity index (χ0n) is 37.7. The number of carbonyl (C=O) groups is 6. The van der Waals surface area contributed by atoms with E-state index in [0.29, 0.717) is 31.2 Å². The number of rotatable bonds is 10. The van der Waals surface area contributed by atoms with E-state index >= 15 is 4.79 Å². The third kappa shape index (κ3) is 9.52. The van der Waals surface area contributed by atoms with Crippen LogP contribution in [0.2, 0.25) is 0 Å². The van der Waals surface area contributed by atoms with Gasteiger partial charge >= 0.3 is 23.9 Å². The summed E-state index contributed by atoms with van der Waals surface area (Å²) in [5.74, 6) is -5.42. The minimum Gasteiger partial charge on any atom is -0.462 e. The number of allylic oxidation sites excluding steroid dienone is 2. The number of hydrogen-bond donors (Lipinski definition) is 1. The fraction of sp³-hybridized carbons (Fsp3) is 0.571. The highest BCUT2D eigenvalue weighted by atomic mass is 16.7. The van der Waals surface area contributed by atoms with E-state index in [0.717, 1.165) is 18.4 Å². The van der Waals surface area contributed by atoms with Crippen LogP contribution in [-0.4, -0.2) is 53.6 Å². The Morgan fingerprint density at radius 3 is 2.08 bits per heavy atom. The molecule has 0 unspecified atom stereocenters. The van der Waals surface area contributed by atoms with Crippen molar-refractivity contribution in [2.45, 2.75) is 131 Å². The summed E-state index contributed by atoms with van der Waals surface area (Å²) in [6.45, 7) is 15.7. The molecular formula is C49H61N2O12+. The molecule has 0 radical (unpaired) electrons. The second-order valence-corrected chi connectivity index (χ2v) is 18.6. The summed E-state index contributed by atoms with van der Waals surface area (Å²) in [5, 5.41) is 2.90. The van der Waals surface area contributed by atoms with Gasteiger partial charge in [-0.1, -0.05) is 45.4 Å². The monoisotopic (exact) mass is 869 g/mol. The van der Waals surface area contributed by atoms with Gasteiger partial charge < -0.3 is 28.4 Å². The quantitative estimate of drug-likeness (QED) is 0.0857. The molecule has 3 aliphatic heterocycles. The molecule has 2 saturated heterocycles. The number of ketones is 1. The molecule has 5 aliphatic rings. The number of esters is 4. The Morgan fingerprint density at radius 2 is 1.46 bits per heavy atom. The van der Waals surface area contributed by atoms with Gasteiger partial charge in [-0.2, -0.15) is 4.57 Å². The Hall–Kier alpha value is -5.21. The van der Waals surface area contributed by atoms with Crippen LogP contribution in [0.15, 0.2) is 71.8 Å². The molecule has 13 atom stereocenters. The highest BCUT2D eigenvalue weighted by Gasteiger charge is 2.56. The van der Waals surface area contributed by atoms with Gasteiger partial charge in [0.05, 0.1) is 12.2 Å². The number of Topliss-reactive ketones (excluding diaryl/α,β-unsaturated/α-hetero) is 1. The maximum Gasteiger partial charge on any atom is 0.308 e. The van der Waals surface area contributed by atoms with E-state index in [9.17, 15) is 24.0 Å². The number of ether oxygens (including phenoxy) is 6. The van der Waals surface area contributed by atoms with Gasteiger partial charge in [-0.25, -0.2) is 0 Å². The Labute approximate surface area is 369 Å². The van der Waals surface area contributed by atoms with Crippen LogP contribution in [0, 0.1) is 47.3 Å². The lowest BCUT2D eigenvalue weighted by Gasteiger charge is -2.54. The minimum atomic E-state index is -1.02. The van der Waals surface area contributed by atoms with Gasteiger partial charge in [0, 0.05) is 64.2 Å². The van der Waals surface area contributed by atoms with Crippen LogP contribution in [-0.2, 0) is 47.7 Å². The molecule has 7 rings (SSSR count). The second-order valence-electron chi connectivity index (χ2n) is 18.6. The summed E-state index contributed by atoms with van der Waals surface area (Å²) >= 11 is 0. The molecule has 3 fully saturated rings. The third-order valence-electron chi connectivity index (χ3n) is 14.0. The van der Waals surface area contributed by atoms with Crippen LogP contribution in [0.3, 0.4) is 0 Å². The Morgan fingerprint density at radius 1 is 0.810 bits per heavy atom. The van der Waals surface area contributed by atoms with Crippen LogP contribution >= 0.6 is 0 Å². The van der Waals surface area contributed by atoms with Crippen molar-refractivity contribution in [3.8, 4) is 11.5 Å². The maximum atomic E-state index is 15.6. The maximum absolute atomic E-state index is 15.6. The van der Waals surface area contributed by atoms with Gasteiger partial charge in [0.2, 0.25) is 5.76 Å². The second kappa shape index (κ2) is 18.5. The predicted octanol–water partition coefficient (Wildman–Crippen LogP) is 6.96. The van der Waals surface area contributed by atoms with Crippen molar-refractivity contribution >= 4 is 35.6 Å². The number of hydrogen-bond acceptors (Lipinski definition) is 12. The molecular weight excluding hydrogens is 809 g/mol. The highest BCUT2D eigenvalue weighted by Crippen LogP contribution is 2.55. The van der Waals surface area contributed by atoms with E-state index in [1.807, 2.05) is 19.9 Å². The first kappa shape index (κ1) is 45.8. The standard InChI is InChI=1S/C49H60N2O12/c1-25-15-16-49(63-45(25)35-21-36(58-30(6)52)23-37(22-35)59-31(7)53)28(4)19-27(3)40(62-49)24-38-26(2)20-34-13-14-39(60-32(8)54)29(5)41(34)42(38)44(56)43-46(61-33(9)55)47(50-48(43)57)51-17-11-10-12-18-51/h10-12,17-18,20-23,25,27-29,34,38-42,45,47H,13-16,19,24H2,1-9H3/p+1/t25-,27-,28-,29-,34-,38+,39+,40+,41-,42-,45-,47+,49+/m0/s1. The molecule has 0 bridgehead atoms. The number of benzene rings is 1. The van der Waals surface area contributed by atoms with Crippen LogP contribution in [0.5, 0.6) is 11.5 Å². The summed E-state index contributed by atoms with van der Waals surface area (Å²) in [6.07, 6.45) is 7.37. The largest absolute Gasteiger partial charge is 0.462 e. The van der Waals surface area contributed by atoms with E-state index in [4.69, 9.17) is 28.4 Å². The lowest BCUT2D eigenvalue weighted by molar-refractivity contribution is -0.719. The molecule has 1 aromatic carbocycles. The predicted molar refractivity (Wildman–Crippen MR) is 226 cm³/mol. The molecule has 63 heavy (non-hydrogen) atoms. The molecule has 338 valence electrons. The van der Waals surface area contributed by atoms with Crippen molar-refractivity contribution < 1.29 is 61.8 Å². The molecule has 2 aliphatic carbocycles. The van der Waals surface area contributed by atoms with Gasteiger partial charge in [-0.15, -0.1) is 0 Å². The van der Waals surface area contributed by atoms with Gasteiger partial charge in [0.25, 0.3) is 12.1 Å². The molecule has 14 heteroatoms. The summed E-state index contributed by atoms with van der Waals surface area (Å²) in [5.41, 5.74) is 1.50. The van der Waals surface area contributed by atoms with Crippen molar-refractivity contribution in [3.63, 3.8) is 0 Å². The van der Waals surface area contributed by atoms with E-state index in [1.54, 1.807) is 41.2 Å². The lowest BCUT2D eigenvalue weighted by Crippen LogP contribution is -2.56. The fourth-order valence-electron chi connectivity index (χ4n) is 11.2. The van der Waals surface area contributed by atoms with Crippen LogP contribution in [0.25, 0.3) is 0 Å². The number of nitrogens with one attached hydrogen (secondary N) is 1. The van der Waals surface area contributed by atoms with Gasteiger partial charge in [0.1, 0.15) is 23.2 Å². The lowest BCUT2D eigenvalue weighted by atomic mass is 9.55. The van der Waals surface area contributed by atoms with Gasteiger partial charge in [-0.05, 0) is 92.2 Å². The molecule has 2 aromatic rings. The molecule has 1 aromatic heterocycles. The summed E-state index contributed by atoms with van der Waals surface area (Å²) < 4.78 is 38.6. The molecule has 4 heterocycles. The van der Waals surface area contributed by atoms with E-state index in [1.165, 1.54) is 33.8 Å². The van der Waals surface area contributed by atoms with E-state index in [-0.39, 0.29) is 64.4 Å². The number of carbonyl (C=O) groups excluding carboxylic acids is 6. The minimum absolute atomic E-state index is 0.0255. The summed E-state index contributed by atoms with van der Waals surface area (Å²) in [4.78, 5) is 78.7. The van der Waals surface area contributed by atoms with Crippen molar-refractivity contribution in [2.75, 3.05) is 0 Å². The average molecular weight is 870 g/mol. The van der Waals surface area contributed by atoms with Crippen molar-refractivity contribution in [1.29, 1.82) is 0 Å². The zero-order chi connectivity index (χ0) is 45.5. The number of pyridine rings is 1. The summed E-state index contributed by atoms with van der Waals surface area (Å²) in [6, 6.07) is 10.4. The van der Waals surface area contributed by atoms with Crippen LogP contribution in [0.4, 0.5) is 0 Å². The first-order valence-corrected chi connectivity index (χ1v) is 22.3. The smallest absolute Gasteiger partial charge is 0.308 e. The normalized spacial score (nSPS) is 34.0. The SMILES string of the molecule is CC(=O)OC1=C(C(=O)[C@@H]2[C@H]3[C@@H](C)[C@H](OC(C)=O)CC[C@H]3C=C(C)[C@H]2C[C@H]2O[C@@]3(CC[C@H](C)[C@@H](c4cc(OC(C)=O)cc(OC(C)=O)c4)O3)[C@@H](C)C[C@@H]2C)C(=O)N[C@@H]1[n+]1ccccc1. The first-order valence-electron chi connectivity index (χ1n) is 22.3. The first-order chi connectivity index (χ1) is 29.8. The fourth-order valence-corrected chi connectivity index (χ4v) is 11.2. The van der Waals surface area contributed by atoms with E-state index in [2.05, 4.69) is 32.2 Å². The van der Waals surface area contributed by atoms with Gasteiger partial charge in [0.15, 0.2) is 24.0 Å². The molecule has 1 amide bonds. The Bertz CT molecular complexity index is 2170. The number of aromatic nitrogens is 1. The third-order valence-corrected chi connectivity index (χ3v) is 14.0. The molecule has 1 saturated carbocycles. The highest BCUT2D eigenvalue weighted by molar-refractivity contribution is 6.22. The Kier molecular flexibility index (Phi) is 13.4. The molecule has 14 nitrogen and oxygen atoms in total. The van der Waals surface area contributed by atoms with Crippen molar-refractivity contribution in [1.82, 2.24) is 5.32 Å². The summed E-state index contributed by atoms with van der Waals surface area (Å²) in [7, 11) is 0. The number of nitrogens with zero attached hydrogens (tertiary/aromatic N) is 1. The van der Waals surface area contributed by atoms with E-state index < -0.39 is 71.6 Å². The number of amides is 1. The molecule has 1 spiro atoms. The van der Waals surface area contributed by atoms with Crippen LogP contribution in [0.1, 0.15) is 119 Å². The zero-order valence-corrected chi connectivity index (χ0v) is 37.7. The number of fused-ring (bicyclic) bond motifs is 1. The van der Waals surface area contributed by atoms with Crippen molar-refractivity contribution in [2.24, 2.45) is 47.3 Å². The molecule has 1 N–H and O–H groups in total. The van der Waals surface area contributed by atoms with Crippen LogP contribution < -0.4 is 19.4 Å². The van der Waals surface area contributed by atoms with Gasteiger partial charge in [-0.3, -0.25) is 34.1 Å².